The molecule has 0 saturated carbocycles. The number of aromatic nitrogens is 2. The number of hydrogen-bond donors (Lipinski definition) is 2. The lowest BCUT2D eigenvalue weighted by atomic mass is 10.0. The van der Waals surface area contributed by atoms with Gasteiger partial charge in [0, 0.05) is 10.4 Å². The number of carboxylic acids is 1. The molecule has 2 aromatic heterocycles. The number of thiophene rings is 1. The number of benzene rings is 3. The molecule has 0 bridgehead atoms. The number of carbonyl (C=O) groups excluding carboxylic acids is 1. The summed E-state index contributed by atoms with van der Waals surface area (Å²) in [5, 5.41) is 13.4. The molecule has 2 heterocycles. The van der Waals surface area contributed by atoms with E-state index in [1.54, 1.807) is 12.4 Å². The van der Waals surface area contributed by atoms with E-state index in [9.17, 15) is 14.7 Å². The molecule has 7 heteroatoms. The summed E-state index contributed by atoms with van der Waals surface area (Å²) in [5.74, 6) is -1.05. The van der Waals surface area contributed by atoms with Crippen LogP contribution in [0.3, 0.4) is 0 Å². The molecule has 32 heavy (non-hydrogen) atoms. The maximum Gasteiger partial charge on any atom is 0.305 e. The van der Waals surface area contributed by atoms with E-state index in [0.717, 1.165) is 21.2 Å². The van der Waals surface area contributed by atoms with Crippen LogP contribution in [0.4, 0.5) is 5.69 Å². The third-order valence-corrected chi connectivity index (χ3v) is 6.48. The lowest BCUT2D eigenvalue weighted by Gasteiger charge is -2.18. The molecule has 2 N–H and O–H groups in total. The third kappa shape index (κ3) is 3.86. The molecule has 0 saturated heterocycles. The normalized spacial score (nSPS) is 12.1. The first-order valence-electron chi connectivity index (χ1n) is 10.1. The van der Waals surface area contributed by atoms with E-state index in [1.165, 1.54) is 11.3 Å². The molecule has 5 aromatic rings. The predicted octanol–water partition coefficient (Wildman–Crippen LogP) is 5.57. The van der Waals surface area contributed by atoms with Crippen molar-refractivity contribution in [1.82, 2.24) is 9.55 Å². The molecule has 6 nitrogen and oxygen atoms in total. The highest BCUT2D eigenvalue weighted by Crippen LogP contribution is 2.29. The van der Waals surface area contributed by atoms with Crippen molar-refractivity contribution in [2.24, 2.45) is 0 Å². The zero-order valence-electron chi connectivity index (χ0n) is 16.9. The van der Waals surface area contributed by atoms with Crippen LogP contribution < -0.4 is 5.32 Å². The van der Waals surface area contributed by atoms with Crippen LogP contribution in [0.15, 0.2) is 85.2 Å². The summed E-state index contributed by atoms with van der Waals surface area (Å²) in [6, 6.07) is 24.4. The molecular formula is C25H19N3O3S. The Morgan fingerprint density at radius 3 is 2.56 bits per heavy atom. The van der Waals surface area contributed by atoms with Crippen LogP contribution in [0.25, 0.3) is 21.1 Å². The van der Waals surface area contributed by atoms with Crippen LogP contribution in [-0.4, -0.2) is 26.5 Å². The van der Waals surface area contributed by atoms with Crippen molar-refractivity contribution in [2.45, 2.75) is 12.5 Å². The SMILES string of the molecule is O=C(O)CC(c1ccccc1)n1cnc2cc(NC(=O)c3cc4ccccc4s3)ccc21. The van der Waals surface area contributed by atoms with Gasteiger partial charge >= 0.3 is 5.97 Å². The summed E-state index contributed by atoms with van der Waals surface area (Å²) in [6.07, 6.45) is 1.60. The monoisotopic (exact) mass is 441 g/mol. The van der Waals surface area contributed by atoms with Crippen LogP contribution in [0.2, 0.25) is 0 Å². The molecule has 0 aliphatic heterocycles. The number of imidazole rings is 1. The Kier molecular flexibility index (Phi) is 5.17. The number of carboxylic acid groups (broad SMARTS) is 1. The molecule has 0 spiro atoms. The van der Waals surface area contributed by atoms with Crippen LogP contribution in [-0.2, 0) is 4.79 Å². The number of hydrogen-bond acceptors (Lipinski definition) is 4. The molecule has 0 aliphatic carbocycles. The van der Waals surface area contributed by atoms with Crippen LogP contribution in [0.1, 0.15) is 27.7 Å². The molecule has 158 valence electrons. The van der Waals surface area contributed by atoms with Gasteiger partial charge in [-0.1, -0.05) is 48.5 Å². The van der Waals surface area contributed by atoms with Crippen molar-refractivity contribution >= 4 is 50.0 Å². The Balaban J connectivity index is 1.44. The van der Waals surface area contributed by atoms with E-state index < -0.39 is 5.97 Å². The second-order valence-electron chi connectivity index (χ2n) is 7.48. The molecule has 3 aromatic carbocycles. The highest BCUT2D eigenvalue weighted by Gasteiger charge is 2.20. The van der Waals surface area contributed by atoms with Crippen molar-refractivity contribution in [1.29, 1.82) is 0 Å². The van der Waals surface area contributed by atoms with Gasteiger partial charge in [0.15, 0.2) is 0 Å². The minimum atomic E-state index is -0.882. The van der Waals surface area contributed by atoms with E-state index in [4.69, 9.17) is 0 Å². The second kappa shape index (κ2) is 8.28. The number of fused-ring (bicyclic) bond motifs is 2. The Bertz CT molecular complexity index is 1410. The zero-order valence-corrected chi connectivity index (χ0v) is 17.8. The Morgan fingerprint density at radius 2 is 1.78 bits per heavy atom. The number of anilines is 1. The fourth-order valence-corrected chi connectivity index (χ4v) is 4.82. The lowest BCUT2D eigenvalue weighted by molar-refractivity contribution is -0.137. The molecule has 5 rings (SSSR count). The molecule has 1 atom stereocenters. The van der Waals surface area contributed by atoms with Gasteiger partial charge in [-0.2, -0.15) is 0 Å². The zero-order chi connectivity index (χ0) is 22.1. The van der Waals surface area contributed by atoms with Crippen molar-refractivity contribution < 1.29 is 14.7 Å². The van der Waals surface area contributed by atoms with Crippen LogP contribution in [0, 0.1) is 0 Å². The molecule has 0 radical (unpaired) electrons. The van der Waals surface area contributed by atoms with Crippen molar-refractivity contribution in [3.8, 4) is 0 Å². The molecular weight excluding hydrogens is 422 g/mol. The van der Waals surface area contributed by atoms with Gasteiger partial charge in [0.1, 0.15) is 0 Å². The maximum absolute atomic E-state index is 12.7. The first-order valence-corrected chi connectivity index (χ1v) is 10.9. The highest BCUT2D eigenvalue weighted by atomic mass is 32.1. The summed E-state index contributed by atoms with van der Waals surface area (Å²) in [7, 11) is 0. The Morgan fingerprint density at radius 1 is 1.00 bits per heavy atom. The van der Waals surface area contributed by atoms with Crippen LogP contribution >= 0.6 is 11.3 Å². The Labute approximate surface area is 187 Å². The smallest absolute Gasteiger partial charge is 0.305 e. The first-order chi connectivity index (χ1) is 15.6. The molecule has 0 fully saturated rings. The summed E-state index contributed by atoms with van der Waals surface area (Å²) >= 11 is 1.45. The number of carbonyl (C=O) groups is 2. The fourth-order valence-electron chi connectivity index (χ4n) is 3.86. The topological polar surface area (TPSA) is 84.2 Å². The second-order valence-corrected chi connectivity index (χ2v) is 8.57. The van der Waals surface area contributed by atoms with E-state index in [0.29, 0.717) is 16.1 Å². The largest absolute Gasteiger partial charge is 0.481 e. The van der Waals surface area contributed by atoms with E-state index in [2.05, 4.69) is 10.3 Å². The van der Waals surface area contributed by atoms with Gasteiger partial charge in [0.2, 0.25) is 0 Å². The Hall–Kier alpha value is -3.97. The summed E-state index contributed by atoms with van der Waals surface area (Å²) in [5.41, 5.74) is 3.03. The molecule has 1 unspecified atom stereocenters. The third-order valence-electron chi connectivity index (χ3n) is 5.37. The van der Waals surface area contributed by atoms with Gasteiger partial charge in [0.25, 0.3) is 5.91 Å². The van der Waals surface area contributed by atoms with Gasteiger partial charge < -0.3 is 15.0 Å². The van der Waals surface area contributed by atoms with Crippen molar-refractivity contribution in [2.75, 3.05) is 5.32 Å². The van der Waals surface area contributed by atoms with Gasteiger partial charge in [-0.05, 0) is 41.3 Å². The number of amides is 1. The molecule has 0 aliphatic rings. The summed E-state index contributed by atoms with van der Waals surface area (Å²) in [4.78, 5) is 29.4. The molecule has 1 amide bonds. The standard InChI is InChI=1S/C25H19N3O3S/c29-24(30)14-21(16-6-2-1-3-7-16)28-15-26-19-13-18(10-11-20(19)28)27-25(31)23-12-17-8-4-5-9-22(17)32-23/h1-13,15,21H,14H2,(H,27,31)(H,29,30). The van der Waals surface area contributed by atoms with Gasteiger partial charge in [-0.25, -0.2) is 4.98 Å². The quantitative estimate of drug-likeness (QED) is 0.361. The number of nitrogens with one attached hydrogen (secondary N) is 1. The van der Waals surface area contributed by atoms with Gasteiger partial charge in [-0.3, -0.25) is 9.59 Å². The number of nitrogens with zero attached hydrogens (tertiary/aromatic N) is 2. The average molecular weight is 442 g/mol. The number of aliphatic carboxylic acids is 1. The lowest BCUT2D eigenvalue weighted by Crippen LogP contribution is -2.14. The van der Waals surface area contributed by atoms with Gasteiger partial charge in [0.05, 0.1) is 34.7 Å². The predicted molar refractivity (Wildman–Crippen MR) is 126 cm³/mol. The highest BCUT2D eigenvalue weighted by molar-refractivity contribution is 7.20. The minimum Gasteiger partial charge on any atom is -0.481 e. The fraction of sp³-hybridized carbons (Fsp3) is 0.0800. The van der Waals surface area contributed by atoms with Crippen molar-refractivity contribution in [3.63, 3.8) is 0 Å². The first kappa shape index (κ1) is 20.0. The van der Waals surface area contributed by atoms with Crippen molar-refractivity contribution in [3.05, 3.63) is 95.6 Å². The van der Waals surface area contributed by atoms with E-state index >= 15 is 0 Å². The van der Waals surface area contributed by atoms with E-state index in [-0.39, 0.29) is 18.4 Å². The average Bonchev–Trinajstić information content (AvgIpc) is 3.42. The minimum absolute atomic E-state index is 0.0557. The summed E-state index contributed by atoms with van der Waals surface area (Å²) in [6.45, 7) is 0. The summed E-state index contributed by atoms with van der Waals surface area (Å²) < 4.78 is 2.94. The van der Waals surface area contributed by atoms with E-state index in [1.807, 2.05) is 77.4 Å². The van der Waals surface area contributed by atoms with Gasteiger partial charge in [-0.15, -0.1) is 11.3 Å². The number of rotatable bonds is 6. The maximum atomic E-state index is 12.7. The van der Waals surface area contributed by atoms with Crippen LogP contribution in [0.5, 0.6) is 0 Å².